The van der Waals surface area contributed by atoms with E-state index in [1.54, 1.807) is 29.0 Å². The number of carbonyl (C=O) groups is 4. The molecule has 8 rings (SSSR count). The molecule has 3 fully saturated rings. The van der Waals surface area contributed by atoms with Gasteiger partial charge in [-0.25, -0.2) is 15.0 Å². The first-order valence-corrected chi connectivity index (χ1v) is 26.6. The third-order valence-electron chi connectivity index (χ3n) is 14.6. The number of ketones is 1. The first kappa shape index (κ1) is 52.2. The van der Waals surface area contributed by atoms with E-state index in [-0.39, 0.29) is 60.2 Å². The molecule has 6 heterocycles. The van der Waals surface area contributed by atoms with Crippen LogP contribution in [-0.2, 0) is 20.9 Å². The molecule has 18 heteroatoms. The minimum Gasteiger partial charge on any atom is -0.391 e. The van der Waals surface area contributed by atoms with Gasteiger partial charge in [-0.3, -0.25) is 33.4 Å². The highest BCUT2D eigenvalue weighted by atomic mass is 32.1. The molecule has 4 N–H and O–H groups in total. The number of nitrogens with zero attached hydrogens (tertiary/aromatic N) is 8. The van der Waals surface area contributed by atoms with Gasteiger partial charge < -0.3 is 30.9 Å². The highest BCUT2D eigenvalue weighted by Crippen LogP contribution is 2.33. The molecule has 2 saturated heterocycles. The highest BCUT2D eigenvalue weighted by molar-refractivity contribution is 7.13. The zero-order chi connectivity index (χ0) is 51.1. The second-order valence-corrected chi connectivity index (χ2v) is 21.8. The van der Waals surface area contributed by atoms with Crippen LogP contribution < -0.4 is 26.4 Å². The van der Waals surface area contributed by atoms with Crippen LogP contribution in [0.1, 0.15) is 132 Å². The molecule has 2 aliphatic heterocycles. The Labute approximate surface area is 426 Å². The van der Waals surface area contributed by atoms with Gasteiger partial charge in [0.2, 0.25) is 23.7 Å². The van der Waals surface area contributed by atoms with E-state index >= 15 is 0 Å². The number of aliphatic hydroxyl groups excluding tert-OH is 1. The second-order valence-electron chi connectivity index (χ2n) is 20.9. The fraction of sp³-hybridized carbons (Fsp3) is 0.537. The molecule has 3 atom stereocenters. The van der Waals surface area contributed by atoms with Crippen molar-refractivity contribution in [3.8, 4) is 10.4 Å². The fourth-order valence-corrected chi connectivity index (χ4v) is 11.3. The van der Waals surface area contributed by atoms with Gasteiger partial charge in [-0.05, 0) is 87.2 Å². The Hall–Kier alpha value is -6.11. The number of carbonyl (C=O) groups excluding carboxylic acids is 4. The molecule has 3 amide bonds. The third kappa shape index (κ3) is 12.4. The van der Waals surface area contributed by atoms with Crippen molar-refractivity contribution in [2.24, 2.45) is 5.41 Å². The zero-order valence-corrected chi connectivity index (χ0v) is 43.5. The molecule has 4 aromatic heterocycles. The average molecular weight is 1000 g/mol. The van der Waals surface area contributed by atoms with Crippen LogP contribution in [0.15, 0.2) is 59.1 Å². The summed E-state index contributed by atoms with van der Waals surface area (Å²) in [7, 11) is 0. The molecule has 1 saturated carbocycles. The minimum atomic E-state index is -0.850. The van der Waals surface area contributed by atoms with Crippen LogP contribution in [0.5, 0.6) is 0 Å². The Bertz CT molecular complexity index is 2780. The Morgan fingerprint density at radius 3 is 2.28 bits per heavy atom. The molecule has 1 aromatic carbocycles. The lowest BCUT2D eigenvalue weighted by molar-refractivity contribution is -0.144. The lowest BCUT2D eigenvalue weighted by atomic mass is 9.85. The Kier molecular flexibility index (Phi) is 16.8. The van der Waals surface area contributed by atoms with Crippen molar-refractivity contribution in [2.75, 3.05) is 49.5 Å². The number of piperazine rings is 1. The van der Waals surface area contributed by atoms with Crippen LogP contribution in [0.25, 0.3) is 21.5 Å². The first-order valence-electron chi connectivity index (χ1n) is 25.7. The van der Waals surface area contributed by atoms with Crippen LogP contribution in [-0.4, -0.2) is 120 Å². The maximum absolute atomic E-state index is 14.1. The lowest BCUT2D eigenvalue weighted by Gasteiger charge is -2.36. The predicted octanol–water partition coefficient (Wildman–Crippen LogP) is 7.26. The number of aryl methyl sites for hydroxylation is 2. The van der Waals surface area contributed by atoms with E-state index < -0.39 is 23.6 Å². The monoisotopic (exact) mass is 1000 g/mol. The number of likely N-dealkylation sites (tertiary alicyclic amines) is 1. The van der Waals surface area contributed by atoms with E-state index in [2.05, 4.69) is 46.8 Å². The number of unbranched alkanes of at least 4 members (excludes halogenated alkanes) is 4. The molecule has 72 heavy (non-hydrogen) atoms. The van der Waals surface area contributed by atoms with E-state index in [1.165, 1.54) is 11.8 Å². The highest BCUT2D eigenvalue weighted by Gasteiger charge is 2.44. The number of amides is 3. The summed E-state index contributed by atoms with van der Waals surface area (Å²) in [6, 6.07) is 10.2. The maximum atomic E-state index is 14.1. The van der Waals surface area contributed by atoms with E-state index in [9.17, 15) is 29.1 Å². The molecule has 5 aromatic rings. The van der Waals surface area contributed by atoms with Gasteiger partial charge in [0.05, 0.1) is 39.6 Å². The normalized spacial score (nSPS) is 18.2. The van der Waals surface area contributed by atoms with Gasteiger partial charge in [-0.1, -0.05) is 77.1 Å². The summed E-state index contributed by atoms with van der Waals surface area (Å²) in [5.74, 6) is -0.177. The van der Waals surface area contributed by atoms with Crippen molar-refractivity contribution in [1.29, 1.82) is 0 Å². The second kappa shape index (κ2) is 23.2. The number of thiazole rings is 1. The Morgan fingerprint density at radius 2 is 1.61 bits per heavy atom. The SMILES string of the molecule is CC(=O)c1c(C)c2cnc(Nc3ccc(N4CCN(CCCCCCCC(=O)NC(C(=O)N5C[C@H](O)C[C@H]5C(=O)NCc5ccc(-c6scnc6C)cc5)C(C)(C)C)CC4)cn3)nc2n(C2CCCC2)c1=O. The molecule has 1 unspecified atom stereocenters. The van der Waals surface area contributed by atoms with Crippen molar-refractivity contribution in [1.82, 2.24) is 44.9 Å². The molecule has 17 nitrogen and oxygen atoms in total. The number of pyridine rings is 2. The van der Waals surface area contributed by atoms with Gasteiger partial charge in [0.15, 0.2) is 5.78 Å². The minimum absolute atomic E-state index is 0.00509. The summed E-state index contributed by atoms with van der Waals surface area (Å²) >= 11 is 1.59. The van der Waals surface area contributed by atoms with Crippen LogP contribution >= 0.6 is 11.3 Å². The van der Waals surface area contributed by atoms with Gasteiger partial charge in [0.25, 0.3) is 5.56 Å². The number of hydrogen-bond donors (Lipinski definition) is 4. The summed E-state index contributed by atoms with van der Waals surface area (Å²) in [4.78, 5) is 92.7. The summed E-state index contributed by atoms with van der Waals surface area (Å²) in [5.41, 5.74) is 6.30. The quantitative estimate of drug-likeness (QED) is 0.0475. The number of β-amino-alcohol motifs (C(OH)–C–C–N with tert-alkyl or cyclic N) is 1. The topological polar surface area (TPSA) is 208 Å². The summed E-state index contributed by atoms with van der Waals surface area (Å²) in [6.45, 7) is 15.9. The standard InChI is InChI=1S/C54H71N11O6S/c1-34-42-31-57-53(61-49(42)65(39-14-11-12-15-39)51(70)46(34)36(3)66)59-44-22-21-40(30-55-44)63-26-24-62(25-27-63)23-13-9-7-8-10-16-45(68)60-48(54(4,5)6)52(71)64-32-41(67)28-43(64)50(69)56-29-37-17-19-38(20-18-37)47-35(2)58-33-72-47/h17-22,30-31,33,39,41,43,48,67H,7-16,23-29,32H2,1-6H3,(H,56,69)(H,60,68)(H,55,57,59,61)/t41-,43+,48?/m1/s1. The van der Waals surface area contributed by atoms with Crippen molar-refractivity contribution in [3.05, 3.63) is 87.0 Å². The smallest absolute Gasteiger partial charge is 0.263 e. The summed E-state index contributed by atoms with van der Waals surface area (Å²) < 4.78 is 1.72. The van der Waals surface area contributed by atoms with Crippen molar-refractivity contribution >= 4 is 63.3 Å². The van der Waals surface area contributed by atoms with E-state index in [0.29, 0.717) is 34.8 Å². The molecule has 0 spiro atoms. The maximum Gasteiger partial charge on any atom is 0.263 e. The average Bonchev–Trinajstić information content (AvgIpc) is 4.14. The van der Waals surface area contributed by atoms with Gasteiger partial charge in [0, 0.05) is 69.7 Å². The molecule has 3 aliphatic rings. The van der Waals surface area contributed by atoms with Crippen molar-refractivity contribution in [3.63, 3.8) is 0 Å². The van der Waals surface area contributed by atoms with Gasteiger partial charge in [-0.2, -0.15) is 4.98 Å². The molecule has 0 radical (unpaired) electrons. The first-order chi connectivity index (χ1) is 34.5. The van der Waals surface area contributed by atoms with Crippen LogP contribution in [0.3, 0.4) is 0 Å². The molecule has 1 aliphatic carbocycles. The number of Topliss-reactive ketones (excluding diaryl/α,β-unsaturated/α-hetero) is 1. The van der Waals surface area contributed by atoms with Crippen LogP contribution in [0.2, 0.25) is 0 Å². The number of benzene rings is 1. The molecular weight excluding hydrogens is 931 g/mol. The van der Waals surface area contributed by atoms with E-state index in [0.717, 1.165) is 118 Å². The fourth-order valence-electron chi connectivity index (χ4n) is 10.5. The number of rotatable bonds is 19. The Morgan fingerprint density at radius 1 is 0.889 bits per heavy atom. The van der Waals surface area contributed by atoms with Crippen molar-refractivity contribution < 1.29 is 24.3 Å². The molecule has 0 bridgehead atoms. The summed E-state index contributed by atoms with van der Waals surface area (Å²) in [5, 5.41) is 20.5. The van der Waals surface area contributed by atoms with Crippen LogP contribution in [0.4, 0.5) is 17.5 Å². The predicted molar refractivity (Wildman–Crippen MR) is 282 cm³/mol. The van der Waals surface area contributed by atoms with Crippen molar-refractivity contribution in [2.45, 2.75) is 143 Å². The largest absolute Gasteiger partial charge is 0.391 e. The van der Waals surface area contributed by atoms with E-state index in [4.69, 9.17) is 4.98 Å². The number of fused-ring (bicyclic) bond motifs is 1. The zero-order valence-electron chi connectivity index (χ0n) is 42.7. The Balaban J connectivity index is 0.732. The molecule has 384 valence electrons. The van der Waals surface area contributed by atoms with Gasteiger partial charge >= 0.3 is 0 Å². The van der Waals surface area contributed by atoms with Gasteiger partial charge in [0.1, 0.15) is 23.5 Å². The van der Waals surface area contributed by atoms with Gasteiger partial charge in [-0.15, -0.1) is 11.3 Å². The lowest BCUT2D eigenvalue weighted by Crippen LogP contribution is -2.57. The number of aromatic nitrogens is 5. The molecular formula is C54H71N11O6S. The van der Waals surface area contributed by atoms with Crippen LogP contribution in [0, 0.1) is 19.3 Å². The number of nitrogens with one attached hydrogen (secondary N) is 3. The summed E-state index contributed by atoms with van der Waals surface area (Å²) in [6.07, 6.45) is 11.8. The van der Waals surface area contributed by atoms with E-state index in [1.807, 2.05) is 69.7 Å². The number of aliphatic hydroxyl groups is 1. The number of hydrogen-bond acceptors (Lipinski definition) is 14. The third-order valence-corrected chi connectivity index (χ3v) is 15.5. The number of anilines is 3.